The fraction of sp³-hybridized carbons (Fsp3) is 0.250. The van der Waals surface area contributed by atoms with Crippen molar-refractivity contribution in [2.24, 2.45) is 0 Å². The van der Waals surface area contributed by atoms with Crippen LogP contribution in [0.1, 0.15) is 59.3 Å². The molecule has 256 valence electrons. The Balaban J connectivity index is 1.27. The molecule has 6 aromatic rings. The molecule has 1 atom stereocenters. The highest BCUT2D eigenvalue weighted by Crippen LogP contribution is 2.31. The van der Waals surface area contributed by atoms with Crippen molar-refractivity contribution in [2.45, 2.75) is 54.0 Å². The molecule has 3 aromatic carbocycles. The van der Waals surface area contributed by atoms with Gasteiger partial charge in [0, 0.05) is 16.6 Å². The van der Waals surface area contributed by atoms with Crippen molar-refractivity contribution in [2.75, 3.05) is 6.56 Å². The van der Waals surface area contributed by atoms with Crippen LogP contribution in [0.2, 0.25) is 0 Å². The van der Waals surface area contributed by atoms with E-state index in [0.717, 1.165) is 16.8 Å². The third kappa shape index (κ3) is 7.23. The molecule has 0 aliphatic heterocycles. The van der Waals surface area contributed by atoms with Crippen molar-refractivity contribution in [1.29, 1.82) is 0 Å². The molecule has 0 bridgehead atoms. The van der Waals surface area contributed by atoms with Crippen molar-refractivity contribution >= 4 is 23.2 Å². The van der Waals surface area contributed by atoms with E-state index in [-0.39, 0.29) is 35.6 Å². The Labute approximate surface area is 293 Å². The first kappa shape index (κ1) is 27.6. The lowest BCUT2D eigenvalue weighted by atomic mass is 9.98. The van der Waals surface area contributed by atoms with E-state index in [0.29, 0.717) is 28.2 Å². The highest BCUT2D eigenvalue weighted by atomic mass is 16.8. The quantitative estimate of drug-likeness (QED) is 0.124. The van der Waals surface area contributed by atoms with E-state index >= 15 is 0 Å². The third-order valence-corrected chi connectivity index (χ3v) is 7.76. The van der Waals surface area contributed by atoms with Gasteiger partial charge in [0.25, 0.3) is 6.01 Å². The van der Waals surface area contributed by atoms with E-state index in [1.54, 1.807) is 50.2 Å². The van der Waals surface area contributed by atoms with Crippen LogP contribution in [0.5, 0.6) is 6.01 Å². The fourth-order valence-corrected chi connectivity index (χ4v) is 5.29. The first-order valence-electron chi connectivity index (χ1n) is 17.8. The van der Waals surface area contributed by atoms with Gasteiger partial charge in [-0.15, -0.1) is 0 Å². The average molecular weight is 684 g/mol. The van der Waals surface area contributed by atoms with Gasteiger partial charge in [-0.05, 0) is 56.4 Å². The summed E-state index contributed by atoms with van der Waals surface area (Å²) in [6.45, 7) is 0.00276. The van der Waals surface area contributed by atoms with Crippen LogP contribution >= 0.6 is 0 Å². The molecule has 50 heavy (non-hydrogen) atoms. The molecule has 0 aliphatic carbocycles. The summed E-state index contributed by atoms with van der Waals surface area (Å²) in [6, 6.07) is 18.4. The zero-order valence-corrected chi connectivity index (χ0v) is 27.3. The summed E-state index contributed by atoms with van der Waals surface area (Å²) in [5.41, 5.74) is 5.41. The Bertz CT molecular complexity index is 2440. The molecule has 1 unspecified atom stereocenters. The minimum absolute atomic E-state index is 0.0636. The Morgan fingerprint density at radius 2 is 1.70 bits per heavy atom. The van der Waals surface area contributed by atoms with Crippen molar-refractivity contribution in [3.63, 3.8) is 0 Å². The first-order valence-corrected chi connectivity index (χ1v) is 15.3. The SMILES string of the molecule is [2H]C([2H])([2H])C([2H])([2H])Oc1nc2cccc(C(=O)OC(C)OC(=O)OCc3nc(C)c(C)nc3C)c2n1Cc1ccc(-c2ccccc2-c2noc(=O)[nH]2)cc1. The van der Waals surface area contributed by atoms with Crippen LogP contribution in [-0.2, 0) is 27.4 Å². The number of imidazole rings is 1. The Kier molecular flexibility index (Phi) is 7.98. The molecule has 0 spiro atoms. The van der Waals surface area contributed by atoms with Gasteiger partial charge >= 0.3 is 17.9 Å². The number of hydrogen-bond acceptors (Lipinski definition) is 12. The van der Waals surface area contributed by atoms with Crippen LogP contribution in [-0.4, -0.2) is 54.6 Å². The van der Waals surface area contributed by atoms with Crippen LogP contribution in [0, 0.1) is 20.8 Å². The van der Waals surface area contributed by atoms with Crippen LogP contribution in [0.25, 0.3) is 33.5 Å². The lowest BCUT2D eigenvalue weighted by Crippen LogP contribution is -2.23. The van der Waals surface area contributed by atoms with Crippen LogP contribution in [0.15, 0.2) is 76.0 Å². The number of carbonyl (C=O) groups is 2. The molecule has 3 heterocycles. The number of aryl methyl sites for hydroxylation is 3. The smallest absolute Gasteiger partial charge is 0.465 e. The normalized spacial score (nSPS) is 13.7. The maximum absolute atomic E-state index is 13.6. The molecule has 1 N–H and O–H groups in total. The number of aromatic amines is 1. The van der Waals surface area contributed by atoms with Gasteiger partial charge in [-0.3, -0.25) is 24.0 Å². The second-order valence-electron chi connectivity index (χ2n) is 11.1. The molecule has 6 rings (SSSR count). The number of aromatic nitrogens is 6. The number of hydrogen-bond donors (Lipinski definition) is 1. The maximum atomic E-state index is 13.6. The van der Waals surface area contributed by atoms with E-state index in [2.05, 4.69) is 29.6 Å². The highest BCUT2D eigenvalue weighted by molar-refractivity contribution is 6.02. The van der Waals surface area contributed by atoms with Crippen molar-refractivity contribution in [3.8, 4) is 28.5 Å². The fourth-order valence-electron chi connectivity index (χ4n) is 5.29. The van der Waals surface area contributed by atoms with E-state index < -0.39 is 43.6 Å². The highest BCUT2D eigenvalue weighted by Gasteiger charge is 2.23. The van der Waals surface area contributed by atoms with E-state index in [4.69, 9.17) is 25.8 Å². The summed E-state index contributed by atoms with van der Waals surface area (Å²) < 4.78 is 66.5. The number of H-pyrrole nitrogens is 1. The van der Waals surface area contributed by atoms with Crippen molar-refractivity contribution < 1.29 is 39.9 Å². The minimum atomic E-state index is -3.19. The van der Waals surface area contributed by atoms with E-state index in [1.165, 1.54) is 29.7 Å². The van der Waals surface area contributed by atoms with E-state index in [1.807, 2.05) is 19.1 Å². The monoisotopic (exact) mass is 683 g/mol. The average Bonchev–Trinajstić information content (AvgIpc) is 3.71. The van der Waals surface area contributed by atoms with Gasteiger partial charge in [0.05, 0.1) is 55.2 Å². The number of benzene rings is 3. The van der Waals surface area contributed by atoms with Crippen LogP contribution in [0.4, 0.5) is 4.79 Å². The summed E-state index contributed by atoms with van der Waals surface area (Å²) in [6.07, 6.45) is -2.53. The van der Waals surface area contributed by atoms with Gasteiger partial charge in [0.2, 0.25) is 6.29 Å². The Hall–Kier alpha value is -6.31. The molecule has 14 nitrogen and oxygen atoms in total. The summed E-state index contributed by atoms with van der Waals surface area (Å²) >= 11 is 0. The lowest BCUT2D eigenvalue weighted by molar-refractivity contribution is -0.0835. The number of nitrogens with zero attached hydrogens (tertiary/aromatic N) is 5. The van der Waals surface area contributed by atoms with Gasteiger partial charge in [-0.25, -0.2) is 14.4 Å². The van der Waals surface area contributed by atoms with Crippen molar-refractivity contribution in [3.05, 3.63) is 111 Å². The molecule has 3 aromatic heterocycles. The zero-order valence-electron chi connectivity index (χ0n) is 32.3. The molecule has 0 amide bonds. The molecule has 0 aliphatic rings. The summed E-state index contributed by atoms with van der Waals surface area (Å²) in [7, 11) is 0. The van der Waals surface area contributed by atoms with Gasteiger partial charge < -0.3 is 18.9 Å². The third-order valence-electron chi connectivity index (χ3n) is 7.76. The Morgan fingerprint density at radius 3 is 2.44 bits per heavy atom. The molecule has 0 radical (unpaired) electrons. The Morgan fingerprint density at radius 1 is 0.940 bits per heavy atom. The number of nitrogens with one attached hydrogen (secondary N) is 1. The van der Waals surface area contributed by atoms with Crippen molar-refractivity contribution in [1.82, 2.24) is 29.7 Å². The molecular formula is C36H34N6O8. The summed E-state index contributed by atoms with van der Waals surface area (Å²) in [4.78, 5) is 53.3. The number of ether oxygens (including phenoxy) is 4. The number of esters is 1. The van der Waals surface area contributed by atoms with Gasteiger partial charge in [0.1, 0.15) is 6.61 Å². The molecule has 0 saturated carbocycles. The maximum Gasteiger partial charge on any atom is 0.511 e. The lowest BCUT2D eigenvalue weighted by Gasteiger charge is -2.16. The predicted molar refractivity (Wildman–Crippen MR) is 180 cm³/mol. The van der Waals surface area contributed by atoms with E-state index in [9.17, 15) is 14.4 Å². The van der Waals surface area contributed by atoms with Crippen LogP contribution < -0.4 is 10.5 Å². The summed E-state index contributed by atoms with van der Waals surface area (Å²) in [5, 5.41) is 3.80. The van der Waals surface area contributed by atoms with Crippen LogP contribution in [0.3, 0.4) is 0 Å². The zero-order chi connectivity index (χ0) is 39.7. The van der Waals surface area contributed by atoms with Gasteiger partial charge in [-0.1, -0.05) is 59.8 Å². The topological polar surface area (TPSA) is 174 Å². The minimum Gasteiger partial charge on any atom is -0.465 e. The standard InChI is InChI=1S/C36H34N6O8/c1-6-46-34-39-29-13-9-12-28(33(43)48-23(5)49-36(45)47-19-30-22(4)37-20(2)21(3)38-30)31(29)42(34)18-24-14-16-25(17-15-24)26-10-7-8-11-27(26)32-40-35(44)50-41-32/h7-17,23H,6,18-19H2,1-5H3,(H,40,41,44)/i1D3,6D2. The molecule has 14 heteroatoms. The predicted octanol–water partition coefficient (Wildman–Crippen LogP) is 6.07. The van der Waals surface area contributed by atoms with Gasteiger partial charge in [0.15, 0.2) is 5.82 Å². The molecule has 0 saturated heterocycles. The number of carbonyl (C=O) groups excluding carboxylic acids is 2. The number of rotatable bonds is 11. The summed E-state index contributed by atoms with van der Waals surface area (Å²) in [5.74, 6) is -1.39. The molecular weight excluding hydrogens is 644 g/mol. The number of para-hydroxylation sites is 1. The second-order valence-corrected chi connectivity index (χ2v) is 11.1. The first-order chi connectivity index (χ1) is 26.0. The van der Waals surface area contributed by atoms with Gasteiger partial charge in [-0.2, -0.15) is 4.98 Å². The second kappa shape index (κ2) is 14.4. The largest absolute Gasteiger partial charge is 0.511 e. The number of fused-ring (bicyclic) bond motifs is 1. The molecule has 0 fully saturated rings.